The number of morpholine rings is 1. The lowest BCUT2D eigenvalue weighted by molar-refractivity contribution is -0.159. The number of rotatable bonds is 15. The van der Waals surface area contributed by atoms with Gasteiger partial charge in [0.1, 0.15) is 11.1 Å². The van der Waals surface area contributed by atoms with Gasteiger partial charge in [0, 0.05) is 65.0 Å². The molecule has 1 saturated heterocycles. The number of amides is 2. The van der Waals surface area contributed by atoms with Crippen LogP contribution in [-0.4, -0.2) is 95.8 Å². The molecular formula is C52H55Cl2N5O11. The molecule has 0 spiro atoms. The molecular weight excluding hydrogens is 942 g/mol. The van der Waals surface area contributed by atoms with E-state index in [4.69, 9.17) is 42.1 Å². The summed E-state index contributed by atoms with van der Waals surface area (Å²) < 4.78 is 24.2. The summed E-state index contributed by atoms with van der Waals surface area (Å²) in [7, 11) is 3.08. The lowest BCUT2D eigenvalue weighted by atomic mass is 10.1. The Hall–Kier alpha value is -6.85. The first kappa shape index (κ1) is 52.5. The molecule has 3 heterocycles. The summed E-state index contributed by atoms with van der Waals surface area (Å²) in [5.41, 5.74) is 0.272. The van der Waals surface area contributed by atoms with Crippen LogP contribution in [0.3, 0.4) is 0 Å². The molecule has 6 aromatic rings. The summed E-state index contributed by atoms with van der Waals surface area (Å²) in [6.07, 6.45) is 0.357. The zero-order valence-corrected chi connectivity index (χ0v) is 41.4. The molecule has 368 valence electrons. The van der Waals surface area contributed by atoms with Crippen molar-refractivity contribution in [2.24, 2.45) is 14.1 Å². The zero-order valence-electron chi connectivity index (χ0n) is 39.9. The average molecular weight is 997 g/mol. The van der Waals surface area contributed by atoms with Crippen molar-refractivity contribution in [2.75, 3.05) is 55.7 Å². The Kier molecular flexibility index (Phi) is 18.1. The Bertz CT molecular complexity index is 3010. The number of anilines is 2. The number of aryl methyl sites for hydroxylation is 2. The first-order valence-electron chi connectivity index (χ1n) is 22.8. The number of hydrogen-bond donors (Lipinski definition) is 0. The second-order valence-corrected chi connectivity index (χ2v) is 17.0. The molecule has 0 bridgehead atoms. The quantitative estimate of drug-likeness (QED) is 0.0718. The Morgan fingerprint density at radius 1 is 0.657 bits per heavy atom. The van der Waals surface area contributed by atoms with Crippen LogP contribution >= 0.6 is 23.2 Å². The van der Waals surface area contributed by atoms with Gasteiger partial charge in [0.25, 0.3) is 22.9 Å². The highest BCUT2D eigenvalue weighted by Crippen LogP contribution is 2.37. The van der Waals surface area contributed by atoms with Gasteiger partial charge in [-0.2, -0.15) is 0 Å². The van der Waals surface area contributed by atoms with Gasteiger partial charge in [0.15, 0.2) is 17.6 Å². The highest BCUT2D eigenvalue weighted by Gasteiger charge is 2.32. The van der Waals surface area contributed by atoms with Crippen LogP contribution in [0, 0.1) is 0 Å². The van der Waals surface area contributed by atoms with Crippen molar-refractivity contribution in [1.29, 1.82) is 0 Å². The Labute approximate surface area is 414 Å². The van der Waals surface area contributed by atoms with Gasteiger partial charge in [-0.15, -0.1) is 0 Å². The number of hydrogen-bond acceptors (Lipinski definition) is 12. The molecule has 1 atom stereocenters. The fraction of sp³-hybridized carbons (Fsp3) is 0.327. The fourth-order valence-corrected chi connectivity index (χ4v) is 8.57. The maximum Gasteiger partial charge on any atom is 0.352 e. The van der Waals surface area contributed by atoms with Gasteiger partial charge < -0.3 is 37.9 Å². The number of aromatic nitrogens is 2. The molecule has 70 heavy (non-hydrogen) atoms. The highest BCUT2D eigenvalue weighted by atomic mass is 35.5. The number of carbonyl (C=O) groups excluding carboxylic acids is 5. The summed E-state index contributed by atoms with van der Waals surface area (Å²) in [6.45, 7) is 10.8. The van der Waals surface area contributed by atoms with E-state index < -0.39 is 46.9 Å². The maximum atomic E-state index is 13.8. The van der Waals surface area contributed by atoms with Crippen molar-refractivity contribution in [3.8, 4) is 11.5 Å². The number of para-hydroxylation sites is 2. The number of carbonyl (C=O) groups is 5. The Balaban J connectivity index is 0.000000231. The highest BCUT2D eigenvalue weighted by molar-refractivity contribution is 6.37. The van der Waals surface area contributed by atoms with Crippen LogP contribution < -0.4 is 30.4 Å². The minimum absolute atomic E-state index is 0.0822. The minimum atomic E-state index is -1.26. The molecule has 1 aliphatic heterocycles. The molecule has 0 N–H and O–H groups in total. The van der Waals surface area contributed by atoms with E-state index in [2.05, 4.69) is 4.90 Å². The molecule has 16 nitrogen and oxygen atoms in total. The molecule has 1 aliphatic rings. The molecule has 7 rings (SSSR count). The largest absolute Gasteiger partial charge is 0.451 e. The van der Waals surface area contributed by atoms with Crippen LogP contribution in [-0.2, 0) is 38.0 Å². The number of esters is 3. The van der Waals surface area contributed by atoms with Crippen molar-refractivity contribution in [2.45, 2.75) is 53.1 Å². The summed E-state index contributed by atoms with van der Waals surface area (Å²) >= 11 is 13.0. The van der Waals surface area contributed by atoms with E-state index in [1.165, 1.54) is 32.9 Å². The number of nitrogens with zero attached hydrogens (tertiary/aromatic N) is 5. The maximum absolute atomic E-state index is 13.8. The van der Waals surface area contributed by atoms with E-state index in [1.807, 2.05) is 25.1 Å². The number of pyridine rings is 2. The molecule has 4 aromatic carbocycles. The second-order valence-electron chi connectivity index (χ2n) is 16.2. The lowest BCUT2D eigenvalue weighted by Gasteiger charge is -2.26. The number of ether oxygens (including phenoxy) is 4. The second kappa shape index (κ2) is 24.1. The van der Waals surface area contributed by atoms with Gasteiger partial charge >= 0.3 is 17.9 Å². The van der Waals surface area contributed by atoms with Gasteiger partial charge in [-0.05, 0) is 88.7 Å². The molecule has 2 amide bonds. The number of halogens is 2. The summed E-state index contributed by atoms with van der Waals surface area (Å²) in [5.74, 6) is -3.70. The normalized spacial score (nSPS) is 12.9. The van der Waals surface area contributed by atoms with Gasteiger partial charge in [0.2, 0.25) is 0 Å². The monoisotopic (exact) mass is 995 g/mol. The Morgan fingerprint density at radius 3 is 1.56 bits per heavy atom. The van der Waals surface area contributed by atoms with Gasteiger partial charge in [0.05, 0.1) is 45.1 Å². The molecule has 2 aromatic heterocycles. The van der Waals surface area contributed by atoms with Crippen molar-refractivity contribution in [3.63, 3.8) is 0 Å². The predicted octanol–water partition coefficient (Wildman–Crippen LogP) is 7.98. The van der Waals surface area contributed by atoms with Gasteiger partial charge in [-0.3, -0.25) is 33.7 Å². The van der Waals surface area contributed by atoms with Crippen LogP contribution in [0.4, 0.5) is 11.4 Å². The van der Waals surface area contributed by atoms with Crippen LogP contribution in [0.2, 0.25) is 10.0 Å². The van der Waals surface area contributed by atoms with E-state index in [-0.39, 0.29) is 46.0 Å². The molecule has 18 heteroatoms. The third kappa shape index (κ3) is 11.9. The smallest absolute Gasteiger partial charge is 0.352 e. The summed E-state index contributed by atoms with van der Waals surface area (Å²) in [5, 5.41) is 1.06. The standard InChI is InChI=1S/C28H32ClN3O5.C24H23ClN2O6/c1-3-32(20-10-5-4-6-11-20)28(35)25-26(24-21(29)12-9-13-22(24)30(2)27(25)34)37-23(33)14-7-8-15-31-16-18-36-19-17-31;1-5-27(16-10-7-6-8-11-16)23(30)20-21(33-24(31)14(2)32-15(3)28)19-17(25)12-9-13-18(19)26(4)22(20)29/h4-6,9-13H,3,7-8,14-19H2,1-2H3;6-14H,5H2,1-4H3. The fourth-order valence-electron chi connectivity index (χ4n) is 8.06. The van der Waals surface area contributed by atoms with Gasteiger partial charge in [-0.25, -0.2) is 4.79 Å². The van der Waals surface area contributed by atoms with Crippen LogP contribution in [0.15, 0.2) is 107 Å². The van der Waals surface area contributed by atoms with E-state index in [0.29, 0.717) is 45.8 Å². The van der Waals surface area contributed by atoms with Crippen molar-refractivity contribution in [1.82, 2.24) is 14.0 Å². The summed E-state index contributed by atoms with van der Waals surface area (Å²) in [6, 6.07) is 27.8. The van der Waals surface area contributed by atoms with Crippen molar-refractivity contribution in [3.05, 3.63) is 139 Å². The predicted molar refractivity (Wildman–Crippen MR) is 270 cm³/mol. The van der Waals surface area contributed by atoms with Gasteiger partial charge in [-0.1, -0.05) is 71.7 Å². The molecule has 0 radical (unpaired) electrons. The van der Waals surface area contributed by atoms with Crippen LogP contribution in [0.1, 0.15) is 67.7 Å². The average Bonchev–Trinajstić information content (AvgIpc) is 3.35. The third-order valence-electron chi connectivity index (χ3n) is 11.6. The van der Waals surface area contributed by atoms with E-state index in [0.717, 1.165) is 46.2 Å². The van der Waals surface area contributed by atoms with E-state index in [9.17, 15) is 33.6 Å². The summed E-state index contributed by atoms with van der Waals surface area (Å²) in [4.78, 5) is 96.4. The third-order valence-corrected chi connectivity index (χ3v) is 12.3. The molecule has 0 aliphatic carbocycles. The first-order chi connectivity index (χ1) is 33.6. The van der Waals surface area contributed by atoms with Crippen LogP contribution in [0.25, 0.3) is 21.8 Å². The number of benzene rings is 4. The zero-order chi connectivity index (χ0) is 50.6. The number of unbranched alkanes of at least 4 members (excludes halogenated alkanes) is 1. The van der Waals surface area contributed by atoms with E-state index >= 15 is 0 Å². The van der Waals surface area contributed by atoms with E-state index in [1.54, 1.807) is 92.8 Å². The topological polar surface area (TPSA) is 176 Å². The first-order valence-corrected chi connectivity index (χ1v) is 23.6. The number of fused-ring (bicyclic) bond motifs is 2. The minimum Gasteiger partial charge on any atom is -0.451 e. The Morgan fingerprint density at radius 2 is 1.11 bits per heavy atom. The lowest BCUT2D eigenvalue weighted by Crippen LogP contribution is -2.38. The molecule has 1 fully saturated rings. The SMILES string of the molecule is CCN(C(=O)c1c(OC(=O)C(C)OC(C)=O)c2c(Cl)cccc2n(C)c1=O)c1ccccc1.CCN(C(=O)c1c(OC(=O)CCCCN2CCOCC2)c2c(Cl)cccc2n(C)c1=O)c1ccccc1. The van der Waals surface area contributed by atoms with Crippen molar-refractivity contribution < 1.29 is 42.9 Å². The molecule has 0 saturated carbocycles. The molecule has 1 unspecified atom stereocenters. The van der Waals surface area contributed by atoms with Crippen LogP contribution in [0.5, 0.6) is 11.5 Å². The van der Waals surface area contributed by atoms with Crippen molar-refractivity contribution >= 4 is 86.1 Å².